The molecule has 2 saturated heterocycles. The van der Waals surface area contributed by atoms with Crippen molar-refractivity contribution in [2.75, 3.05) is 62.3 Å². The Balaban J connectivity index is 1.29. The van der Waals surface area contributed by atoms with E-state index in [2.05, 4.69) is 38.0 Å². The van der Waals surface area contributed by atoms with E-state index in [1.165, 1.54) is 4.70 Å². The van der Waals surface area contributed by atoms with Crippen molar-refractivity contribution < 1.29 is 9.53 Å². The summed E-state index contributed by atoms with van der Waals surface area (Å²) in [5, 5.41) is 1.07. The maximum atomic E-state index is 12.8. The predicted octanol–water partition coefficient (Wildman–Crippen LogP) is 2.28. The number of rotatable bonds is 3. The maximum absolute atomic E-state index is 12.8. The van der Waals surface area contributed by atoms with Gasteiger partial charge in [-0.3, -0.25) is 9.78 Å². The van der Waals surface area contributed by atoms with Crippen LogP contribution in [0, 0.1) is 0 Å². The number of morpholine rings is 1. The van der Waals surface area contributed by atoms with Gasteiger partial charge in [0.05, 0.1) is 35.8 Å². The zero-order valence-corrected chi connectivity index (χ0v) is 17.6. The van der Waals surface area contributed by atoms with E-state index < -0.39 is 0 Å². The highest BCUT2D eigenvalue weighted by Crippen LogP contribution is 2.29. The Hall–Kier alpha value is -2.78. The molecule has 4 heterocycles. The first kappa shape index (κ1) is 19.2. The molecule has 1 aromatic carbocycles. The minimum atomic E-state index is -0.0708. The highest BCUT2D eigenvalue weighted by molar-refractivity contribution is 7.22. The maximum Gasteiger partial charge on any atom is 0.274 e. The van der Waals surface area contributed by atoms with Gasteiger partial charge in [-0.15, -0.1) is 0 Å². The van der Waals surface area contributed by atoms with Crippen LogP contribution < -0.4 is 9.80 Å². The molecule has 0 unspecified atom stereocenters. The molecule has 0 spiro atoms. The average Bonchev–Trinajstić information content (AvgIpc) is 3.08. The number of carbonyl (C=O) groups is 1. The molecule has 2 aromatic heterocycles. The Morgan fingerprint density at radius 2 is 1.73 bits per heavy atom. The number of benzene rings is 1. The number of aromatic nitrogens is 3. The SMILES string of the molecule is O=C(c1cncc(N2CCCN(c3nc4ccccc4s3)CC2)n1)N1CCOCC1. The molecule has 3 aromatic rings. The number of nitrogens with zero attached hydrogens (tertiary/aromatic N) is 6. The van der Waals surface area contributed by atoms with Crippen molar-refractivity contribution in [3.8, 4) is 0 Å². The van der Waals surface area contributed by atoms with E-state index in [9.17, 15) is 4.79 Å². The van der Waals surface area contributed by atoms with Crippen LogP contribution in [0.3, 0.4) is 0 Å². The third-order valence-electron chi connectivity index (χ3n) is 5.51. The standard InChI is InChI=1S/C21H24N6O2S/c28-20(26-10-12-29-13-11-26)17-14-22-15-19(23-17)25-6-3-7-27(9-8-25)21-24-16-4-1-2-5-18(16)30-21/h1-2,4-5,14-15H,3,6-13H2. The third kappa shape index (κ3) is 3.95. The van der Waals surface area contributed by atoms with Crippen LogP contribution in [0.25, 0.3) is 10.2 Å². The van der Waals surface area contributed by atoms with E-state index in [1.54, 1.807) is 28.6 Å². The van der Waals surface area contributed by atoms with E-state index in [0.29, 0.717) is 32.0 Å². The summed E-state index contributed by atoms with van der Waals surface area (Å²) in [5.74, 6) is 0.693. The van der Waals surface area contributed by atoms with Crippen molar-refractivity contribution in [1.82, 2.24) is 19.9 Å². The van der Waals surface area contributed by atoms with Crippen LogP contribution in [0.1, 0.15) is 16.9 Å². The number of hydrogen-bond donors (Lipinski definition) is 0. The second-order valence-electron chi connectivity index (χ2n) is 7.46. The number of hydrogen-bond acceptors (Lipinski definition) is 8. The van der Waals surface area contributed by atoms with E-state index >= 15 is 0 Å². The molecular weight excluding hydrogens is 400 g/mol. The molecule has 1 amide bonds. The Morgan fingerprint density at radius 3 is 2.60 bits per heavy atom. The Kier molecular flexibility index (Phi) is 5.46. The van der Waals surface area contributed by atoms with Crippen molar-refractivity contribution in [3.05, 3.63) is 42.4 Å². The van der Waals surface area contributed by atoms with Crippen LogP contribution in [0.5, 0.6) is 0 Å². The molecule has 0 aliphatic carbocycles. The van der Waals surface area contributed by atoms with E-state index in [0.717, 1.165) is 49.1 Å². The van der Waals surface area contributed by atoms with Gasteiger partial charge in [0, 0.05) is 39.3 Å². The van der Waals surface area contributed by atoms with Gasteiger partial charge in [0.1, 0.15) is 11.5 Å². The van der Waals surface area contributed by atoms with E-state index in [4.69, 9.17) is 9.72 Å². The Bertz CT molecular complexity index is 1000. The van der Waals surface area contributed by atoms with Crippen LogP contribution in [-0.4, -0.2) is 78.2 Å². The van der Waals surface area contributed by atoms with Crippen molar-refractivity contribution in [3.63, 3.8) is 0 Å². The molecule has 0 saturated carbocycles. The van der Waals surface area contributed by atoms with Gasteiger partial charge in [-0.25, -0.2) is 9.97 Å². The van der Waals surface area contributed by atoms with Crippen LogP contribution in [-0.2, 0) is 4.74 Å². The zero-order valence-electron chi connectivity index (χ0n) is 16.7. The molecule has 156 valence electrons. The number of thiazole rings is 1. The number of fused-ring (bicyclic) bond motifs is 1. The molecular formula is C21H24N6O2S. The lowest BCUT2D eigenvalue weighted by molar-refractivity contribution is 0.0299. The molecule has 2 fully saturated rings. The summed E-state index contributed by atoms with van der Waals surface area (Å²) in [4.78, 5) is 32.9. The van der Waals surface area contributed by atoms with Crippen LogP contribution in [0.2, 0.25) is 0 Å². The fourth-order valence-electron chi connectivity index (χ4n) is 3.87. The number of ether oxygens (including phenoxy) is 1. The second kappa shape index (κ2) is 8.53. The summed E-state index contributed by atoms with van der Waals surface area (Å²) in [6.45, 7) is 5.88. The van der Waals surface area contributed by atoms with E-state index in [1.807, 2.05) is 6.07 Å². The molecule has 30 heavy (non-hydrogen) atoms. The van der Waals surface area contributed by atoms with Gasteiger partial charge in [-0.2, -0.15) is 0 Å². The Morgan fingerprint density at radius 1 is 0.933 bits per heavy atom. The highest BCUT2D eigenvalue weighted by atomic mass is 32.1. The molecule has 2 aliphatic heterocycles. The predicted molar refractivity (Wildman–Crippen MR) is 117 cm³/mol. The quantitative estimate of drug-likeness (QED) is 0.639. The smallest absolute Gasteiger partial charge is 0.274 e. The summed E-state index contributed by atoms with van der Waals surface area (Å²) in [5.41, 5.74) is 1.46. The second-order valence-corrected chi connectivity index (χ2v) is 8.47. The lowest BCUT2D eigenvalue weighted by Gasteiger charge is -2.27. The molecule has 0 atom stereocenters. The van der Waals surface area contributed by atoms with Gasteiger partial charge >= 0.3 is 0 Å². The molecule has 8 nitrogen and oxygen atoms in total. The third-order valence-corrected chi connectivity index (χ3v) is 6.61. The number of amides is 1. The van der Waals surface area contributed by atoms with Crippen LogP contribution in [0.4, 0.5) is 10.9 Å². The van der Waals surface area contributed by atoms with Gasteiger partial charge in [0.2, 0.25) is 0 Å². The van der Waals surface area contributed by atoms with Crippen LogP contribution in [0.15, 0.2) is 36.7 Å². The van der Waals surface area contributed by atoms with Crippen molar-refractivity contribution >= 4 is 38.4 Å². The largest absolute Gasteiger partial charge is 0.378 e. The van der Waals surface area contributed by atoms with Gasteiger partial charge in [0.25, 0.3) is 5.91 Å². The molecule has 0 N–H and O–H groups in total. The normalized spacial score (nSPS) is 17.9. The lowest BCUT2D eigenvalue weighted by Crippen LogP contribution is -2.41. The average molecular weight is 425 g/mol. The number of carbonyl (C=O) groups excluding carboxylic acids is 1. The van der Waals surface area contributed by atoms with Gasteiger partial charge in [0.15, 0.2) is 5.13 Å². The fourth-order valence-corrected chi connectivity index (χ4v) is 4.89. The lowest BCUT2D eigenvalue weighted by atomic mass is 10.3. The molecule has 0 bridgehead atoms. The van der Waals surface area contributed by atoms with Gasteiger partial charge in [-0.05, 0) is 18.6 Å². The summed E-state index contributed by atoms with van der Waals surface area (Å²) in [7, 11) is 0. The molecule has 5 rings (SSSR count). The molecule has 2 aliphatic rings. The fraction of sp³-hybridized carbons (Fsp3) is 0.429. The molecule has 0 radical (unpaired) electrons. The van der Waals surface area contributed by atoms with E-state index in [-0.39, 0.29) is 5.91 Å². The van der Waals surface area contributed by atoms with Gasteiger partial charge < -0.3 is 19.4 Å². The van der Waals surface area contributed by atoms with Crippen molar-refractivity contribution in [2.24, 2.45) is 0 Å². The highest BCUT2D eigenvalue weighted by Gasteiger charge is 2.23. The number of para-hydroxylation sites is 1. The van der Waals surface area contributed by atoms with Crippen LogP contribution >= 0.6 is 11.3 Å². The summed E-state index contributed by atoms with van der Waals surface area (Å²) in [6.07, 6.45) is 4.31. The first-order valence-corrected chi connectivity index (χ1v) is 11.1. The van der Waals surface area contributed by atoms with Gasteiger partial charge in [-0.1, -0.05) is 23.5 Å². The topological polar surface area (TPSA) is 74.7 Å². The summed E-state index contributed by atoms with van der Waals surface area (Å²) in [6, 6.07) is 8.26. The summed E-state index contributed by atoms with van der Waals surface area (Å²) < 4.78 is 6.55. The minimum Gasteiger partial charge on any atom is -0.378 e. The zero-order chi connectivity index (χ0) is 20.3. The number of anilines is 2. The minimum absolute atomic E-state index is 0.0708. The van der Waals surface area contributed by atoms with Crippen molar-refractivity contribution in [1.29, 1.82) is 0 Å². The first-order chi connectivity index (χ1) is 14.8. The molecule has 9 heteroatoms. The Labute approximate surface area is 179 Å². The summed E-state index contributed by atoms with van der Waals surface area (Å²) >= 11 is 1.74. The first-order valence-electron chi connectivity index (χ1n) is 10.3. The monoisotopic (exact) mass is 424 g/mol. The van der Waals surface area contributed by atoms with Crippen molar-refractivity contribution in [2.45, 2.75) is 6.42 Å².